The van der Waals surface area contributed by atoms with Crippen molar-refractivity contribution in [2.75, 3.05) is 17.6 Å². The number of anilines is 1. The monoisotopic (exact) mass is 301 g/mol. The van der Waals surface area contributed by atoms with Gasteiger partial charge >= 0.3 is 0 Å². The first-order valence-electron chi connectivity index (χ1n) is 5.41. The molecule has 0 saturated heterocycles. The Morgan fingerprint density at radius 3 is 3.06 bits per heavy atom. The number of nitrogens with zero attached hydrogens (tertiary/aromatic N) is 2. The number of aliphatic imine (C=N–C) groups is 1. The summed E-state index contributed by atoms with van der Waals surface area (Å²) in [6.07, 6.45) is 1.51. The number of pyridine rings is 1. The molecule has 7 heteroatoms. The molecule has 0 aliphatic carbocycles. The molecule has 1 aromatic rings. The lowest BCUT2D eigenvalue weighted by molar-refractivity contribution is -0.115. The molecule has 0 radical (unpaired) electrons. The second kappa shape index (κ2) is 6.45. The third-order valence-corrected chi connectivity index (χ3v) is 4.71. The summed E-state index contributed by atoms with van der Waals surface area (Å²) in [4.78, 5) is 20.2. The Kier molecular flexibility index (Phi) is 4.91. The van der Waals surface area contributed by atoms with E-state index in [9.17, 15) is 4.79 Å². The number of aromatic nitrogens is 1. The van der Waals surface area contributed by atoms with Gasteiger partial charge in [-0.05, 0) is 19.1 Å². The molecule has 1 aromatic heterocycles. The van der Waals surface area contributed by atoms with Crippen molar-refractivity contribution in [1.82, 2.24) is 4.98 Å². The fraction of sp³-hybridized carbons (Fsp3) is 0.364. The minimum atomic E-state index is -0.188. The van der Waals surface area contributed by atoms with Crippen LogP contribution in [-0.4, -0.2) is 32.8 Å². The van der Waals surface area contributed by atoms with Crippen LogP contribution in [0.3, 0.4) is 0 Å². The molecular weight excluding hydrogens is 290 g/mol. The fourth-order valence-electron chi connectivity index (χ4n) is 1.27. The van der Waals surface area contributed by atoms with Gasteiger partial charge in [-0.3, -0.25) is 9.79 Å². The molecular formula is C11H12ClN3OS2. The summed E-state index contributed by atoms with van der Waals surface area (Å²) in [6, 6.07) is 3.37. The van der Waals surface area contributed by atoms with Crippen LogP contribution in [0.5, 0.6) is 0 Å². The maximum absolute atomic E-state index is 11.9. The number of nitrogens with one attached hydrogen (secondary N) is 1. The van der Waals surface area contributed by atoms with E-state index in [1.54, 1.807) is 23.9 Å². The zero-order valence-electron chi connectivity index (χ0n) is 9.72. The standard InChI is InChI=1S/C11H12ClN3OS2/c1-7(18-11-13-4-5-17-11)10(16)15-9-3-2-8(12)6-14-9/h2-3,6-7H,4-5H2,1H3,(H,14,15,16)/t7-/m0/s1. The lowest BCUT2D eigenvalue weighted by Crippen LogP contribution is -2.23. The summed E-state index contributed by atoms with van der Waals surface area (Å²) in [5.74, 6) is 1.44. The third kappa shape index (κ3) is 3.90. The molecule has 1 N–H and O–H groups in total. The average molecular weight is 302 g/mol. The number of hydrogen-bond acceptors (Lipinski definition) is 5. The smallest absolute Gasteiger partial charge is 0.238 e. The second-order valence-corrected chi connectivity index (χ2v) is 6.72. The molecule has 0 unspecified atom stereocenters. The van der Waals surface area contributed by atoms with E-state index in [0.29, 0.717) is 10.8 Å². The molecule has 1 atom stereocenters. The zero-order chi connectivity index (χ0) is 13.0. The van der Waals surface area contributed by atoms with Crippen LogP contribution in [0, 0.1) is 0 Å². The van der Waals surface area contributed by atoms with E-state index >= 15 is 0 Å². The van der Waals surface area contributed by atoms with E-state index in [2.05, 4.69) is 15.3 Å². The lowest BCUT2D eigenvalue weighted by Gasteiger charge is -2.10. The number of carbonyl (C=O) groups excluding carboxylic acids is 1. The molecule has 1 aliphatic rings. The van der Waals surface area contributed by atoms with E-state index in [0.717, 1.165) is 16.7 Å². The Bertz CT molecular complexity index is 464. The van der Waals surface area contributed by atoms with Gasteiger partial charge in [0.1, 0.15) is 10.2 Å². The minimum absolute atomic E-state index is 0.0787. The van der Waals surface area contributed by atoms with Gasteiger partial charge in [-0.25, -0.2) is 4.98 Å². The highest BCUT2D eigenvalue weighted by Crippen LogP contribution is 2.26. The van der Waals surface area contributed by atoms with Crippen LogP contribution in [0.15, 0.2) is 23.3 Å². The summed E-state index contributed by atoms with van der Waals surface area (Å²) < 4.78 is 0.988. The van der Waals surface area contributed by atoms with Gasteiger partial charge in [-0.1, -0.05) is 35.1 Å². The highest BCUT2D eigenvalue weighted by atomic mass is 35.5. The number of halogens is 1. The molecule has 2 heterocycles. The Morgan fingerprint density at radius 2 is 2.44 bits per heavy atom. The molecule has 96 valence electrons. The van der Waals surface area contributed by atoms with Crippen LogP contribution in [0.2, 0.25) is 5.02 Å². The quantitative estimate of drug-likeness (QED) is 0.932. The highest BCUT2D eigenvalue weighted by molar-refractivity contribution is 8.39. The Hall–Kier alpha value is -0.720. The number of carbonyl (C=O) groups is 1. The molecule has 18 heavy (non-hydrogen) atoms. The van der Waals surface area contributed by atoms with Gasteiger partial charge in [0.2, 0.25) is 5.91 Å². The first kappa shape index (κ1) is 13.7. The maximum atomic E-state index is 11.9. The van der Waals surface area contributed by atoms with Crippen molar-refractivity contribution in [1.29, 1.82) is 0 Å². The van der Waals surface area contributed by atoms with Crippen LogP contribution in [0.1, 0.15) is 6.92 Å². The number of rotatable bonds is 3. The van der Waals surface area contributed by atoms with Crippen molar-refractivity contribution in [2.24, 2.45) is 4.99 Å². The molecule has 0 aromatic carbocycles. The van der Waals surface area contributed by atoms with Gasteiger partial charge in [-0.15, -0.1) is 0 Å². The second-order valence-electron chi connectivity index (χ2n) is 3.61. The first-order valence-corrected chi connectivity index (χ1v) is 7.66. The van der Waals surface area contributed by atoms with Crippen molar-refractivity contribution in [2.45, 2.75) is 12.2 Å². The van der Waals surface area contributed by atoms with Crippen LogP contribution >= 0.6 is 35.1 Å². The summed E-state index contributed by atoms with van der Waals surface area (Å²) in [7, 11) is 0. The normalized spacial score (nSPS) is 16.2. The highest BCUT2D eigenvalue weighted by Gasteiger charge is 2.19. The summed E-state index contributed by atoms with van der Waals surface area (Å²) >= 11 is 8.91. The van der Waals surface area contributed by atoms with Crippen molar-refractivity contribution < 1.29 is 4.79 Å². The first-order chi connectivity index (χ1) is 8.65. The fourth-order valence-corrected chi connectivity index (χ4v) is 3.51. The summed E-state index contributed by atoms with van der Waals surface area (Å²) in [5, 5.41) is 3.11. The number of hydrogen-bond donors (Lipinski definition) is 1. The van der Waals surface area contributed by atoms with Gasteiger partial charge in [-0.2, -0.15) is 0 Å². The Balaban J connectivity index is 1.88. The SMILES string of the molecule is C[C@H](SC1=NCCS1)C(=O)Nc1ccc(Cl)cn1. The third-order valence-electron chi connectivity index (χ3n) is 2.18. The zero-order valence-corrected chi connectivity index (χ0v) is 12.1. The van der Waals surface area contributed by atoms with Crippen molar-refractivity contribution in [3.05, 3.63) is 23.4 Å². The number of amides is 1. The maximum Gasteiger partial charge on any atom is 0.238 e. The molecule has 0 saturated carbocycles. The average Bonchev–Trinajstić information content (AvgIpc) is 2.85. The molecule has 0 spiro atoms. The predicted molar refractivity (Wildman–Crippen MR) is 79.7 cm³/mol. The van der Waals surface area contributed by atoms with Crippen LogP contribution < -0.4 is 5.32 Å². The summed E-state index contributed by atoms with van der Waals surface area (Å²) in [5.41, 5.74) is 0. The topological polar surface area (TPSA) is 54.4 Å². The largest absolute Gasteiger partial charge is 0.310 e. The Morgan fingerprint density at radius 1 is 1.61 bits per heavy atom. The molecule has 1 aliphatic heterocycles. The molecule has 0 fully saturated rings. The van der Waals surface area contributed by atoms with E-state index < -0.39 is 0 Å². The van der Waals surface area contributed by atoms with E-state index in [4.69, 9.17) is 11.6 Å². The van der Waals surface area contributed by atoms with Crippen LogP contribution in [0.4, 0.5) is 5.82 Å². The predicted octanol–water partition coefficient (Wildman–Crippen LogP) is 2.90. The molecule has 0 bridgehead atoms. The molecule has 1 amide bonds. The van der Waals surface area contributed by atoms with Crippen molar-refractivity contribution in [3.8, 4) is 0 Å². The molecule has 2 rings (SSSR count). The van der Waals surface area contributed by atoms with E-state index in [1.807, 2.05) is 6.92 Å². The van der Waals surface area contributed by atoms with Gasteiger partial charge in [0.05, 0.1) is 16.8 Å². The van der Waals surface area contributed by atoms with Crippen molar-refractivity contribution >= 4 is 51.2 Å². The minimum Gasteiger partial charge on any atom is -0.310 e. The molecule has 4 nitrogen and oxygen atoms in total. The van der Waals surface area contributed by atoms with Crippen LogP contribution in [-0.2, 0) is 4.79 Å². The van der Waals surface area contributed by atoms with Crippen molar-refractivity contribution in [3.63, 3.8) is 0 Å². The summed E-state index contributed by atoms with van der Waals surface area (Å²) in [6.45, 7) is 2.71. The Labute approximate surface area is 119 Å². The van der Waals surface area contributed by atoms with Gasteiger partial charge in [0.15, 0.2) is 0 Å². The van der Waals surface area contributed by atoms with Gasteiger partial charge in [0.25, 0.3) is 0 Å². The van der Waals surface area contributed by atoms with Gasteiger partial charge in [0, 0.05) is 11.9 Å². The number of thioether (sulfide) groups is 2. The van der Waals surface area contributed by atoms with E-state index in [1.165, 1.54) is 18.0 Å². The lowest BCUT2D eigenvalue weighted by atomic mass is 10.4. The van der Waals surface area contributed by atoms with E-state index in [-0.39, 0.29) is 11.2 Å². The van der Waals surface area contributed by atoms with Gasteiger partial charge < -0.3 is 5.32 Å². The van der Waals surface area contributed by atoms with Crippen LogP contribution in [0.25, 0.3) is 0 Å².